The molecule has 36 heavy (non-hydrogen) atoms. The van der Waals surface area contributed by atoms with Gasteiger partial charge in [-0.2, -0.15) is 0 Å². The molecule has 9 unspecified atom stereocenters. The normalized spacial score (nSPS) is 39.4. The number of rotatable bonds is 4. The molecule has 182 valence electrons. The third-order valence-corrected chi connectivity index (χ3v) is 10.5. The van der Waals surface area contributed by atoms with Crippen LogP contribution in [-0.4, -0.2) is 38.7 Å². The maximum absolute atomic E-state index is 14.0. The Bertz CT molecular complexity index is 1560. The zero-order valence-corrected chi connectivity index (χ0v) is 20.3. The van der Waals surface area contributed by atoms with E-state index in [2.05, 4.69) is 30.3 Å². The van der Waals surface area contributed by atoms with Gasteiger partial charge in [-0.05, 0) is 87.2 Å². The summed E-state index contributed by atoms with van der Waals surface area (Å²) in [5, 5.41) is 4.55. The summed E-state index contributed by atoms with van der Waals surface area (Å²) in [4.78, 5) is 40.6. The standard InChI is InChI=1S/C30H26O6/c1-4-36-26(31)21-19-20(21)24-25-22-18-16-12-14-8-6-5-7-13(14)11-15(16)9-10-17(18)29(23(19)22,27(32)34-2)30(24,25)28(33)35-3/h5-12,19-25H,4H2,1-3H3. The lowest BCUT2D eigenvalue weighted by atomic mass is 9.59. The third-order valence-electron chi connectivity index (χ3n) is 10.5. The molecule has 0 radical (unpaired) electrons. The number of methoxy groups -OCH3 is 2. The minimum atomic E-state index is -1.13. The second kappa shape index (κ2) is 6.28. The van der Waals surface area contributed by atoms with Crippen LogP contribution in [0.4, 0.5) is 0 Å². The van der Waals surface area contributed by atoms with Crippen molar-refractivity contribution in [2.45, 2.75) is 18.3 Å². The molecule has 9 rings (SSSR count). The van der Waals surface area contributed by atoms with Gasteiger partial charge in [-0.25, -0.2) is 0 Å². The Hall–Kier alpha value is -3.41. The number of ether oxygens (including phenoxy) is 3. The van der Waals surface area contributed by atoms with Crippen molar-refractivity contribution in [1.82, 2.24) is 0 Å². The Kier molecular flexibility index (Phi) is 3.62. The average Bonchev–Trinajstić information content (AvgIpc) is 3.77. The first-order valence-electron chi connectivity index (χ1n) is 12.8. The van der Waals surface area contributed by atoms with Crippen LogP contribution in [0.5, 0.6) is 0 Å². The summed E-state index contributed by atoms with van der Waals surface area (Å²) in [6.45, 7) is 2.13. The van der Waals surface area contributed by atoms with E-state index in [1.54, 1.807) is 0 Å². The Morgan fingerprint density at radius 1 is 0.833 bits per heavy atom. The molecule has 0 spiro atoms. The van der Waals surface area contributed by atoms with E-state index in [9.17, 15) is 14.4 Å². The highest BCUT2D eigenvalue weighted by molar-refractivity contribution is 6.07. The van der Waals surface area contributed by atoms with Crippen LogP contribution in [0, 0.1) is 40.9 Å². The molecule has 9 atom stereocenters. The fourth-order valence-electron chi connectivity index (χ4n) is 9.83. The summed E-state index contributed by atoms with van der Waals surface area (Å²) in [5.74, 6) is -1.39. The van der Waals surface area contributed by atoms with Crippen molar-refractivity contribution in [3.63, 3.8) is 0 Å². The van der Waals surface area contributed by atoms with Crippen LogP contribution in [0.3, 0.4) is 0 Å². The molecule has 0 aliphatic heterocycles. The van der Waals surface area contributed by atoms with Gasteiger partial charge in [0.2, 0.25) is 0 Å². The van der Waals surface area contributed by atoms with Gasteiger partial charge in [-0.3, -0.25) is 14.4 Å². The van der Waals surface area contributed by atoms with E-state index in [0.717, 1.165) is 32.7 Å². The van der Waals surface area contributed by atoms with E-state index in [-0.39, 0.29) is 59.3 Å². The molecule has 5 saturated carbocycles. The van der Waals surface area contributed by atoms with Crippen molar-refractivity contribution >= 4 is 39.5 Å². The molecule has 3 aromatic rings. The van der Waals surface area contributed by atoms with E-state index in [0.29, 0.717) is 6.61 Å². The molecule has 5 fully saturated rings. The predicted molar refractivity (Wildman–Crippen MR) is 130 cm³/mol. The summed E-state index contributed by atoms with van der Waals surface area (Å²) in [7, 11) is 2.80. The molecule has 6 aliphatic rings. The third kappa shape index (κ3) is 1.84. The number of esters is 3. The van der Waals surface area contributed by atoms with Crippen LogP contribution in [0.25, 0.3) is 21.5 Å². The van der Waals surface area contributed by atoms with Gasteiger partial charge in [-0.1, -0.05) is 36.4 Å². The SMILES string of the molecule is CCOC(=O)C1C2C1C1C3C4c5c(ccc6cc7ccccc7cc56)C(C(=O)OC)(C42)C31C(=O)OC. The summed E-state index contributed by atoms with van der Waals surface area (Å²) in [5.41, 5.74) is -0.0471. The van der Waals surface area contributed by atoms with E-state index < -0.39 is 10.8 Å². The first-order valence-corrected chi connectivity index (χ1v) is 12.8. The van der Waals surface area contributed by atoms with Crippen LogP contribution < -0.4 is 0 Å². The molecule has 0 saturated heterocycles. The van der Waals surface area contributed by atoms with Crippen LogP contribution in [-0.2, 0) is 34.0 Å². The van der Waals surface area contributed by atoms with Gasteiger partial charge in [0.15, 0.2) is 0 Å². The molecule has 6 bridgehead atoms. The first kappa shape index (κ1) is 20.7. The zero-order chi connectivity index (χ0) is 24.7. The van der Waals surface area contributed by atoms with Gasteiger partial charge >= 0.3 is 17.9 Å². The fraction of sp³-hybridized carbons (Fsp3) is 0.433. The zero-order valence-electron chi connectivity index (χ0n) is 20.3. The molecular weight excluding hydrogens is 456 g/mol. The van der Waals surface area contributed by atoms with Gasteiger partial charge < -0.3 is 14.2 Å². The lowest BCUT2D eigenvalue weighted by Crippen LogP contribution is -2.54. The molecule has 0 N–H and O–H groups in total. The predicted octanol–water partition coefficient (Wildman–Crippen LogP) is 3.98. The van der Waals surface area contributed by atoms with Gasteiger partial charge in [0.1, 0.15) is 5.41 Å². The highest BCUT2D eigenvalue weighted by Crippen LogP contribution is 2.97. The Balaban J connectivity index is 1.43. The highest BCUT2D eigenvalue weighted by Gasteiger charge is 3.02. The van der Waals surface area contributed by atoms with E-state index in [1.807, 2.05) is 25.1 Å². The lowest BCUT2D eigenvalue weighted by Gasteiger charge is -2.41. The van der Waals surface area contributed by atoms with Crippen LogP contribution in [0.15, 0.2) is 48.5 Å². The maximum atomic E-state index is 14.0. The molecule has 6 heteroatoms. The molecule has 6 nitrogen and oxygen atoms in total. The summed E-state index contributed by atoms with van der Waals surface area (Å²) < 4.78 is 16.4. The fourth-order valence-corrected chi connectivity index (χ4v) is 9.83. The smallest absolute Gasteiger partial charge is 0.317 e. The van der Waals surface area contributed by atoms with Crippen LogP contribution >= 0.6 is 0 Å². The molecule has 6 aliphatic carbocycles. The second-order valence-electron chi connectivity index (χ2n) is 11.1. The van der Waals surface area contributed by atoms with Crippen molar-refractivity contribution in [2.75, 3.05) is 20.8 Å². The second-order valence-corrected chi connectivity index (χ2v) is 11.1. The van der Waals surface area contributed by atoms with Crippen molar-refractivity contribution in [3.8, 4) is 0 Å². The van der Waals surface area contributed by atoms with Gasteiger partial charge in [0, 0.05) is 0 Å². The summed E-state index contributed by atoms with van der Waals surface area (Å²) in [6, 6.07) is 16.8. The van der Waals surface area contributed by atoms with Crippen molar-refractivity contribution < 1.29 is 28.6 Å². The van der Waals surface area contributed by atoms with Gasteiger partial charge in [-0.15, -0.1) is 0 Å². The van der Waals surface area contributed by atoms with Crippen molar-refractivity contribution in [1.29, 1.82) is 0 Å². The molecule has 3 aromatic carbocycles. The van der Waals surface area contributed by atoms with Gasteiger partial charge in [0.25, 0.3) is 0 Å². The first-order chi connectivity index (χ1) is 17.5. The number of carbonyl (C=O) groups is 3. The average molecular weight is 483 g/mol. The van der Waals surface area contributed by atoms with Crippen molar-refractivity contribution in [3.05, 3.63) is 59.7 Å². The quantitative estimate of drug-likeness (QED) is 0.318. The number of hydrogen-bond acceptors (Lipinski definition) is 6. The van der Waals surface area contributed by atoms with E-state index in [1.165, 1.54) is 14.2 Å². The monoisotopic (exact) mass is 482 g/mol. The highest BCUT2D eigenvalue weighted by atomic mass is 16.5. The summed E-state index contributed by atoms with van der Waals surface area (Å²) in [6.07, 6.45) is 0. The van der Waals surface area contributed by atoms with E-state index >= 15 is 0 Å². The maximum Gasteiger partial charge on any atom is 0.317 e. The Morgan fingerprint density at radius 3 is 2.22 bits per heavy atom. The largest absolute Gasteiger partial charge is 0.469 e. The van der Waals surface area contributed by atoms with Crippen molar-refractivity contribution in [2.24, 2.45) is 40.9 Å². The topological polar surface area (TPSA) is 78.9 Å². The van der Waals surface area contributed by atoms with Crippen LogP contribution in [0.1, 0.15) is 24.0 Å². The molecule has 0 aromatic heterocycles. The minimum absolute atomic E-state index is 0.00809. The number of fused-ring (bicyclic) bond motifs is 4. The Morgan fingerprint density at radius 2 is 1.53 bits per heavy atom. The molecular formula is C30H26O6. The van der Waals surface area contributed by atoms with Gasteiger partial charge in [0.05, 0.1) is 32.2 Å². The Labute approximate surface area is 207 Å². The number of benzene rings is 3. The minimum Gasteiger partial charge on any atom is -0.469 e. The summed E-state index contributed by atoms with van der Waals surface area (Å²) >= 11 is 0. The lowest BCUT2D eigenvalue weighted by molar-refractivity contribution is -0.166. The van der Waals surface area contributed by atoms with Crippen LogP contribution in [0.2, 0.25) is 0 Å². The van der Waals surface area contributed by atoms with E-state index in [4.69, 9.17) is 14.2 Å². The number of hydrogen-bond donors (Lipinski definition) is 0. The molecule has 0 heterocycles. The number of carbonyl (C=O) groups excluding carboxylic acids is 3. The molecule has 0 amide bonds.